The van der Waals surface area contributed by atoms with Crippen LogP contribution >= 0.6 is 11.8 Å². The number of ether oxygens (including phenoxy) is 1. The summed E-state index contributed by atoms with van der Waals surface area (Å²) < 4.78 is 11.3. The van der Waals surface area contributed by atoms with Gasteiger partial charge in [0.15, 0.2) is 0 Å². The molecule has 2 aromatic rings. The lowest BCUT2D eigenvalue weighted by atomic mass is 10.1. The molecule has 1 amide bonds. The van der Waals surface area contributed by atoms with Gasteiger partial charge in [-0.15, -0.1) is 11.8 Å². The van der Waals surface area contributed by atoms with Gasteiger partial charge in [0.25, 0.3) is 5.69 Å². The van der Waals surface area contributed by atoms with Crippen molar-refractivity contribution in [2.75, 3.05) is 32.8 Å². The average molecular weight is 420 g/mol. The molecule has 1 aliphatic heterocycles. The minimum absolute atomic E-state index is 0.0357. The number of nitro groups is 1. The van der Waals surface area contributed by atoms with Crippen molar-refractivity contribution in [3.63, 3.8) is 0 Å². The van der Waals surface area contributed by atoms with E-state index in [0.717, 1.165) is 29.5 Å². The van der Waals surface area contributed by atoms with Gasteiger partial charge >= 0.3 is 0 Å². The Morgan fingerprint density at radius 2 is 1.93 bits per heavy atom. The number of carbonyl (C=O) groups is 1. The van der Waals surface area contributed by atoms with E-state index in [-0.39, 0.29) is 22.9 Å². The maximum absolute atomic E-state index is 12.6. The summed E-state index contributed by atoms with van der Waals surface area (Å²) in [7, 11) is 0. The standard InChI is InChI=1S/C20H25N3O5S/c1-14-3-8-19(28-14)18(22-9-11-27-12-10-22)13-21-20(24)15(2)29-17-6-4-16(5-7-17)23(25)26/h3-8,15,18H,9-13H2,1-2H3,(H,21,24). The number of aryl methyl sites for hydroxylation is 1. The van der Waals surface area contributed by atoms with Crippen LogP contribution in [-0.4, -0.2) is 53.8 Å². The first-order valence-corrected chi connectivity index (χ1v) is 10.4. The number of rotatable bonds is 8. The summed E-state index contributed by atoms with van der Waals surface area (Å²) in [5.74, 6) is 1.59. The zero-order valence-corrected chi connectivity index (χ0v) is 17.3. The first-order valence-electron chi connectivity index (χ1n) is 9.51. The van der Waals surface area contributed by atoms with Crippen LogP contribution in [0.5, 0.6) is 0 Å². The quantitative estimate of drug-likeness (QED) is 0.399. The number of nitrogens with one attached hydrogen (secondary N) is 1. The highest BCUT2D eigenvalue weighted by Gasteiger charge is 2.26. The number of carbonyl (C=O) groups excluding carboxylic acids is 1. The second-order valence-corrected chi connectivity index (χ2v) is 8.28. The molecule has 29 heavy (non-hydrogen) atoms. The van der Waals surface area contributed by atoms with Crippen molar-refractivity contribution in [2.45, 2.75) is 30.0 Å². The summed E-state index contributed by atoms with van der Waals surface area (Å²) in [5, 5.41) is 13.4. The summed E-state index contributed by atoms with van der Waals surface area (Å²) in [4.78, 5) is 26.0. The number of non-ortho nitro benzene ring substituents is 1. The fourth-order valence-electron chi connectivity index (χ4n) is 3.18. The molecular weight excluding hydrogens is 394 g/mol. The van der Waals surface area contributed by atoms with Gasteiger partial charge in [0.2, 0.25) is 5.91 Å². The third-order valence-corrected chi connectivity index (χ3v) is 5.89. The summed E-state index contributed by atoms with van der Waals surface area (Å²) in [5.41, 5.74) is 0.0357. The molecule has 0 aliphatic carbocycles. The molecule has 0 bridgehead atoms. The van der Waals surface area contributed by atoms with E-state index in [2.05, 4.69) is 10.2 Å². The molecular formula is C20H25N3O5S. The summed E-state index contributed by atoms with van der Waals surface area (Å²) in [6.45, 7) is 7.06. The normalized spacial score (nSPS) is 16.9. The lowest BCUT2D eigenvalue weighted by Crippen LogP contribution is -2.44. The maximum atomic E-state index is 12.6. The molecule has 1 N–H and O–H groups in total. The Hall–Kier alpha value is -2.36. The highest BCUT2D eigenvalue weighted by Crippen LogP contribution is 2.26. The van der Waals surface area contributed by atoms with Gasteiger partial charge in [-0.1, -0.05) is 0 Å². The number of hydrogen-bond donors (Lipinski definition) is 1. The van der Waals surface area contributed by atoms with Crippen molar-refractivity contribution in [2.24, 2.45) is 0 Å². The Bertz CT molecular complexity index is 833. The van der Waals surface area contributed by atoms with Crippen molar-refractivity contribution < 1.29 is 18.9 Å². The molecule has 2 atom stereocenters. The van der Waals surface area contributed by atoms with E-state index >= 15 is 0 Å². The second-order valence-electron chi connectivity index (χ2n) is 6.87. The predicted octanol–water partition coefficient (Wildman–Crippen LogP) is 3.17. The molecule has 156 valence electrons. The van der Waals surface area contributed by atoms with Gasteiger partial charge < -0.3 is 14.5 Å². The Kier molecular flexibility index (Phi) is 7.29. The molecule has 1 aromatic heterocycles. The lowest BCUT2D eigenvalue weighted by Gasteiger charge is -2.33. The van der Waals surface area contributed by atoms with Crippen molar-refractivity contribution in [1.29, 1.82) is 0 Å². The minimum Gasteiger partial charge on any atom is -0.465 e. The van der Waals surface area contributed by atoms with E-state index < -0.39 is 4.92 Å². The average Bonchev–Trinajstić information content (AvgIpc) is 3.15. The van der Waals surface area contributed by atoms with E-state index in [4.69, 9.17) is 9.15 Å². The van der Waals surface area contributed by atoms with E-state index in [1.54, 1.807) is 12.1 Å². The van der Waals surface area contributed by atoms with Crippen LogP contribution in [-0.2, 0) is 9.53 Å². The molecule has 0 saturated carbocycles. The predicted molar refractivity (Wildman–Crippen MR) is 110 cm³/mol. The topological polar surface area (TPSA) is 97.8 Å². The molecule has 3 rings (SSSR count). The van der Waals surface area contributed by atoms with Crippen LogP contribution in [0, 0.1) is 17.0 Å². The van der Waals surface area contributed by atoms with Crippen molar-refractivity contribution in [3.8, 4) is 0 Å². The largest absolute Gasteiger partial charge is 0.465 e. The Labute approximate surface area is 173 Å². The number of morpholine rings is 1. The third kappa shape index (κ3) is 5.81. The number of benzene rings is 1. The van der Waals surface area contributed by atoms with Gasteiger partial charge in [0.05, 0.1) is 29.4 Å². The third-order valence-electron chi connectivity index (χ3n) is 4.78. The number of nitro benzene ring substituents is 1. The van der Waals surface area contributed by atoms with E-state index in [1.807, 2.05) is 26.0 Å². The van der Waals surface area contributed by atoms with Gasteiger partial charge in [-0.25, -0.2) is 0 Å². The van der Waals surface area contributed by atoms with Crippen LogP contribution in [0.25, 0.3) is 0 Å². The van der Waals surface area contributed by atoms with E-state index in [1.165, 1.54) is 23.9 Å². The van der Waals surface area contributed by atoms with Crippen LogP contribution < -0.4 is 5.32 Å². The first kappa shape index (κ1) is 21.4. The number of thioether (sulfide) groups is 1. The number of amides is 1. The van der Waals surface area contributed by atoms with Crippen LogP contribution in [0.2, 0.25) is 0 Å². The van der Waals surface area contributed by atoms with Crippen LogP contribution in [0.1, 0.15) is 24.5 Å². The van der Waals surface area contributed by atoms with Gasteiger partial charge in [0.1, 0.15) is 11.5 Å². The second kappa shape index (κ2) is 9.91. The zero-order chi connectivity index (χ0) is 20.8. The number of nitrogens with zero attached hydrogens (tertiary/aromatic N) is 2. The molecule has 0 radical (unpaired) electrons. The number of furan rings is 1. The van der Waals surface area contributed by atoms with Crippen LogP contribution in [0.4, 0.5) is 5.69 Å². The van der Waals surface area contributed by atoms with Gasteiger partial charge in [-0.2, -0.15) is 0 Å². The molecule has 1 aromatic carbocycles. The Morgan fingerprint density at radius 3 is 2.52 bits per heavy atom. The summed E-state index contributed by atoms with van der Waals surface area (Å²) in [6, 6.07) is 10.0. The maximum Gasteiger partial charge on any atom is 0.269 e. The van der Waals surface area contributed by atoms with E-state index in [0.29, 0.717) is 19.8 Å². The summed E-state index contributed by atoms with van der Waals surface area (Å²) >= 11 is 1.37. The molecule has 2 unspecified atom stereocenters. The van der Waals surface area contributed by atoms with Crippen molar-refractivity contribution >= 4 is 23.4 Å². The SMILES string of the molecule is Cc1ccc(C(CNC(=O)C(C)Sc2ccc([N+](=O)[O-])cc2)N2CCOCC2)o1. The minimum atomic E-state index is -0.438. The monoisotopic (exact) mass is 419 g/mol. The highest BCUT2D eigenvalue weighted by atomic mass is 32.2. The molecule has 2 heterocycles. The Balaban J connectivity index is 1.59. The Morgan fingerprint density at radius 1 is 1.24 bits per heavy atom. The number of hydrogen-bond acceptors (Lipinski definition) is 7. The highest BCUT2D eigenvalue weighted by molar-refractivity contribution is 8.00. The van der Waals surface area contributed by atoms with Gasteiger partial charge in [-0.05, 0) is 38.1 Å². The molecule has 0 spiro atoms. The molecule has 1 aliphatic rings. The molecule has 9 heteroatoms. The zero-order valence-electron chi connectivity index (χ0n) is 16.5. The smallest absolute Gasteiger partial charge is 0.269 e. The fraction of sp³-hybridized carbons (Fsp3) is 0.450. The summed E-state index contributed by atoms with van der Waals surface area (Å²) in [6.07, 6.45) is 0. The van der Waals surface area contributed by atoms with E-state index in [9.17, 15) is 14.9 Å². The van der Waals surface area contributed by atoms with Gasteiger partial charge in [-0.3, -0.25) is 19.8 Å². The van der Waals surface area contributed by atoms with Crippen molar-refractivity contribution in [3.05, 3.63) is 58.0 Å². The van der Waals surface area contributed by atoms with Crippen molar-refractivity contribution in [1.82, 2.24) is 10.2 Å². The lowest BCUT2D eigenvalue weighted by molar-refractivity contribution is -0.384. The van der Waals surface area contributed by atoms with Crippen LogP contribution in [0.3, 0.4) is 0 Å². The fourth-order valence-corrected chi connectivity index (χ4v) is 4.07. The molecule has 1 fully saturated rings. The molecule has 8 nitrogen and oxygen atoms in total. The van der Waals surface area contributed by atoms with Crippen LogP contribution in [0.15, 0.2) is 45.7 Å². The van der Waals surface area contributed by atoms with Gasteiger partial charge in [0, 0.05) is 36.7 Å². The first-order chi connectivity index (χ1) is 13.9. The molecule has 1 saturated heterocycles.